The summed E-state index contributed by atoms with van der Waals surface area (Å²) in [5.41, 5.74) is 6.56. The Balaban J connectivity index is 1.70. The number of nitrogens with zero attached hydrogens (tertiary/aromatic N) is 1. The van der Waals surface area contributed by atoms with E-state index in [4.69, 9.17) is 5.73 Å². The van der Waals surface area contributed by atoms with E-state index in [0.29, 0.717) is 17.1 Å². The Bertz CT molecular complexity index is 655. The quantitative estimate of drug-likeness (QED) is 0.811. The minimum atomic E-state index is -0.303. The van der Waals surface area contributed by atoms with Crippen LogP contribution >= 0.6 is 11.3 Å². The molecule has 1 saturated carbocycles. The molecule has 3 rings (SSSR count). The number of hydrogen-bond acceptors (Lipinski definition) is 5. The SMILES string of the molecule is Nc1c(C(=O)NCC2CCCCC2O)sc2cnccc12. The summed E-state index contributed by atoms with van der Waals surface area (Å²) in [7, 11) is 0. The van der Waals surface area contributed by atoms with Gasteiger partial charge in [0.1, 0.15) is 4.88 Å². The molecule has 2 unspecified atom stereocenters. The van der Waals surface area contributed by atoms with Crippen molar-refractivity contribution in [2.45, 2.75) is 31.8 Å². The Morgan fingerprint density at radius 3 is 3.05 bits per heavy atom. The van der Waals surface area contributed by atoms with Crippen molar-refractivity contribution in [1.82, 2.24) is 10.3 Å². The number of carbonyl (C=O) groups is 1. The van der Waals surface area contributed by atoms with E-state index in [0.717, 1.165) is 35.8 Å². The number of amides is 1. The first-order valence-electron chi connectivity index (χ1n) is 7.25. The Morgan fingerprint density at radius 1 is 1.48 bits per heavy atom. The Kier molecular flexibility index (Phi) is 4.07. The average molecular weight is 305 g/mol. The fourth-order valence-electron chi connectivity index (χ4n) is 2.87. The normalized spacial score (nSPS) is 22.3. The van der Waals surface area contributed by atoms with Gasteiger partial charge in [-0.25, -0.2) is 0 Å². The highest BCUT2D eigenvalue weighted by Gasteiger charge is 2.24. The summed E-state index contributed by atoms with van der Waals surface area (Å²) in [5, 5.41) is 13.7. The summed E-state index contributed by atoms with van der Waals surface area (Å²) in [5.74, 6) is -0.00792. The number of anilines is 1. The van der Waals surface area contributed by atoms with Crippen LogP contribution in [-0.4, -0.2) is 28.6 Å². The fourth-order valence-corrected chi connectivity index (χ4v) is 3.88. The molecule has 0 spiro atoms. The number of rotatable bonds is 3. The highest BCUT2D eigenvalue weighted by Crippen LogP contribution is 2.32. The van der Waals surface area contributed by atoms with Crippen molar-refractivity contribution < 1.29 is 9.90 Å². The topological polar surface area (TPSA) is 88.2 Å². The minimum absolute atomic E-state index is 0.153. The van der Waals surface area contributed by atoms with Crippen molar-refractivity contribution in [2.75, 3.05) is 12.3 Å². The van der Waals surface area contributed by atoms with E-state index in [9.17, 15) is 9.90 Å². The summed E-state index contributed by atoms with van der Waals surface area (Å²) in [6.07, 6.45) is 7.08. The van der Waals surface area contributed by atoms with Crippen molar-refractivity contribution >= 4 is 33.0 Å². The van der Waals surface area contributed by atoms with Gasteiger partial charge in [-0.1, -0.05) is 12.8 Å². The van der Waals surface area contributed by atoms with Gasteiger partial charge in [-0.15, -0.1) is 11.3 Å². The van der Waals surface area contributed by atoms with Gasteiger partial charge in [0, 0.05) is 30.2 Å². The maximum absolute atomic E-state index is 12.3. The molecule has 21 heavy (non-hydrogen) atoms. The van der Waals surface area contributed by atoms with E-state index in [1.54, 1.807) is 12.4 Å². The molecule has 0 aromatic carbocycles. The van der Waals surface area contributed by atoms with E-state index in [1.807, 2.05) is 6.07 Å². The Hall–Kier alpha value is -1.66. The van der Waals surface area contributed by atoms with Crippen molar-refractivity contribution in [3.05, 3.63) is 23.3 Å². The maximum Gasteiger partial charge on any atom is 0.263 e. The van der Waals surface area contributed by atoms with Crippen molar-refractivity contribution in [3.63, 3.8) is 0 Å². The van der Waals surface area contributed by atoms with Gasteiger partial charge in [-0.3, -0.25) is 9.78 Å². The van der Waals surface area contributed by atoms with Gasteiger partial charge in [0.2, 0.25) is 0 Å². The molecule has 5 nitrogen and oxygen atoms in total. The highest BCUT2D eigenvalue weighted by atomic mass is 32.1. The smallest absolute Gasteiger partial charge is 0.263 e. The molecule has 2 aromatic rings. The number of nitrogens with one attached hydrogen (secondary N) is 1. The molecular formula is C15H19N3O2S. The summed E-state index contributed by atoms with van der Waals surface area (Å²) >= 11 is 1.36. The zero-order valence-electron chi connectivity index (χ0n) is 11.7. The number of nitrogen functional groups attached to an aromatic ring is 1. The van der Waals surface area contributed by atoms with Crippen molar-refractivity contribution in [2.24, 2.45) is 5.92 Å². The van der Waals surface area contributed by atoms with E-state index < -0.39 is 0 Å². The second kappa shape index (κ2) is 5.99. The van der Waals surface area contributed by atoms with Crippen LogP contribution in [0.25, 0.3) is 10.1 Å². The lowest BCUT2D eigenvalue weighted by atomic mass is 9.86. The predicted octanol–water partition coefficient (Wildman–Crippen LogP) is 2.16. The van der Waals surface area contributed by atoms with Crippen LogP contribution in [0.4, 0.5) is 5.69 Å². The van der Waals surface area contributed by atoms with Gasteiger partial charge in [0.15, 0.2) is 0 Å². The molecule has 112 valence electrons. The van der Waals surface area contributed by atoms with E-state index in [1.165, 1.54) is 11.3 Å². The lowest BCUT2D eigenvalue weighted by Gasteiger charge is -2.27. The molecule has 0 saturated heterocycles. The van der Waals surface area contributed by atoms with Crippen LogP contribution in [0.5, 0.6) is 0 Å². The van der Waals surface area contributed by atoms with Crippen LogP contribution in [0, 0.1) is 5.92 Å². The molecule has 0 aliphatic heterocycles. The van der Waals surface area contributed by atoms with Crippen LogP contribution in [0.2, 0.25) is 0 Å². The second-order valence-electron chi connectivity index (χ2n) is 5.54. The number of thiophene rings is 1. The fraction of sp³-hybridized carbons (Fsp3) is 0.467. The lowest BCUT2D eigenvalue weighted by molar-refractivity contribution is 0.0664. The highest BCUT2D eigenvalue weighted by molar-refractivity contribution is 7.21. The maximum atomic E-state index is 12.3. The van der Waals surface area contributed by atoms with Gasteiger partial charge >= 0.3 is 0 Å². The molecule has 0 bridgehead atoms. The number of carbonyl (C=O) groups excluding carboxylic acids is 1. The van der Waals surface area contributed by atoms with Gasteiger partial charge in [0.25, 0.3) is 5.91 Å². The van der Waals surface area contributed by atoms with Gasteiger partial charge < -0.3 is 16.2 Å². The van der Waals surface area contributed by atoms with Crippen LogP contribution in [0.1, 0.15) is 35.4 Å². The molecule has 4 N–H and O–H groups in total. The number of pyridine rings is 1. The Morgan fingerprint density at radius 2 is 2.29 bits per heavy atom. The lowest BCUT2D eigenvalue weighted by Crippen LogP contribution is -2.36. The largest absolute Gasteiger partial charge is 0.397 e. The third-order valence-electron chi connectivity index (χ3n) is 4.13. The average Bonchev–Trinajstić information content (AvgIpc) is 2.84. The zero-order chi connectivity index (χ0) is 14.8. The molecule has 0 radical (unpaired) electrons. The summed E-state index contributed by atoms with van der Waals surface area (Å²) in [4.78, 5) is 16.9. The number of hydrogen-bond donors (Lipinski definition) is 3. The first kappa shape index (κ1) is 14.3. The van der Waals surface area contributed by atoms with Gasteiger partial charge in [-0.2, -0.15) is 0 Å². The van der Waals surface area contributed by atoms with E-state index >= 15 is 0 Å². The summed E-state index contributed by atoms with van der Waals surface area (Å²) < 4.78 is 0.915. The van der Waals surface area contributed by atoms with Crippen LogP contribution in [-0.2, 0) is 0 Å². The van der Waals surface area contributed by atoms with E-state index in [-0.39, 0.29) is 17.9 Å². The van der Waals surface area contributed by atoms with Crippen molar-refractivity contribution in [3.8, 4) is 0 Å². The van der Waals surface area contributed by atoms with Gasteiger partial charge in [0.05, 0.1) is 16.5 Å². The second-order valence-corrected chi connectivity index (χ2v) is 6.59. The summed E-state index contributed by atoms with van der Waals surface area (Å²) in [6.45, 7) is 0.506. The number of nitrogens with two attached hydrogens (primary N) is 1. The van der Waals surface area contributed by atoms with Crippen LogP contribution in [0.15, 0.2) is 18.5 Å². The van der Waals surface area contributed by atoms with Gasteiger partial charge in [-0.05, 0) is 18.9 Å². The molecule has 1 aliphatic carbocycles. The summed E-state index contributed by atoms with van der Waals surface area (Å²) in [6, 6.07) is 1.82. The standard InChI is InChI=1S/C15H19N3O2S/c16-13-10-5-6-17-8-12(10)21-14(13)15(20)18-7-9-3-1-2-4-11(9)19/h5-6,8-9,11,19H,1-4,7,16H2,(H,18,20). The Labute approximate surface area is 127 Å². The number of fused-ring (bicyclic) bond motifs is 1. The molecule has 2 aromatic heterocycles. The molecule has 2 heterocycles. The van der Waals surface area contributed by atoms with Crippen LogP contribution < -0.4 is 11.1 Å². The number of aromatic nitrogens is 1. The number of aliphatic hydroxyl groups excluding tert-OH is 1. The van der Waals surface area contributed by atoms with Crippen LogP contribution in [0.3, 0.4) is 0 Å². The molecule has 2 atom stereocenters. The predicted molar refractivity (Wildman–Crippen MR) is 84.3 cm³/mol. The molecule has 1 fully saturated rings. The first-order valence-corrected chi connectivity index (χ1v) is 8.06. The van der Waals surface area contributed by atoms with E-state index in [2.05, 4.69) is 10.3 Å². The molecular weight excluding hydrogens is 286 g/mol. The minimum Gasteiger partial charge on any atom is -0.397 e. The molecule has 1 aliphatic rings. The molecule has 1 amide bonds. The third-order valence-corrected chi connectivity index (χ3v) is 5.29. The zero-order valence-corrected chi connectivity index (χ0v) is 12.5. The first-order chi connectivity index (χ1) is 10.2. The number of aliphatic hydroxyl groups is 1. The third kappa shape index (κ3) is 2.87. The van der Waals surface area contributed by atoms with Crippen molar-refractivity contribution in [1.29, 1.82) is 0 Å². The monoisotopic (exact) mass is 305 g/mol. The molecule has 6 heteroatoms.